The van der Waals surface area contributed by atoms with E-state index in [4.69, 9.17) is 4.84 Å². The predicted molar refractivity (Wildman–Crippen MR) is 48.2 cm³/mol. The van der Waals surface area contributed by atoms with Gasteiger partial charge in [0.15, 0.2) is 0 Å². The van der Waals surface area contributed by atoms with E-state index >= 15 is 0 Å². The van der Waals surface area contributed by atoms with Crippen LogP contribution in [0.1, 0.15) is 13.8 Å². The molecule has 0 rings (SSSR count). The van der Waals surface area contributed by atoms with E-state index in [0.717, 1.165) is 6.08 Å². The van der Waals surface area contributed by atoms with Crippen molar-refractivity contribution in [1.82, 2.24) is 5.06 Å². The lowest BCUT2D eigenvalue weighted by molar-refractivity contribution is -0.160. The van der Waals surface area contributed by atoms with Gasteiger partial charge in [0, 0.05) is 6.21 Å². The smallest absolute Gasteiger partial charge is 0.267 e. The van der Waals surface area contributed by atoms with Gasteiger partial charge in [0.05, 0.1) is 6.61 Å². The SMILES string of the molecule is C=CC(=O)N(OCC)C(=O)N=CC. The Bertz CT molecular complexity index is 236. The Morgan fingerprint density at radius 2 is 2.23 bits per heavy atom. The highest BCUT2D eigenvalue weighted by Gasteiger charge is 2.18. The Morgan fingerprint density at radius 1 is 1.62 bits per heavy atom. The van der Waals surface area contributed by atoms with Crippen molar-refractivity contribution in [3.63, 3.8) is 0 Å². The van der Waals surface area contributed by atoms with Crippen LogP contribution in [0.15, 0.2) is 17.6 Å². The zero-order chi connectivity index (χ0) is 10.3. The van der Waals surface area contributed by atoms with Gasteiger partial charge in [0.25, 0.3) is 5.91 Å². The number of carbonyl (C=O) groups excluding carboxylic acids is 2. The molecular formula is C8H12N2O3. The molecule has 0 saturated carbocycles. The highest BCUT2D eigenvalue weighted by molar-refractivity contribution is 6.00. The van der Waals surface area contributed by atoms with E-state index in [0.29, 0.717) is 5.06 Å². The molecule has 0 N–H and O–H groups in total. The molecular weight excluding hydrogens is 172 g/mol. The molecule has 0 atom stereocenters. The van der Waals surface area contributed by atoms with Gasteiger partial charge in [-0.3, -0.25) is 9.63 Å². The molecule has 0 unspecified atom stereocenters. The van der Waals surface area contributed by atoms with Gasteiger partial charge in [-0.15, -0.1) is 5.06 Å². The maximum atomic E-state index is 11.1. The van der Waals surface area contributed by atoms with E-state index in [2.05, 4.69) is 11.6 Å². The normalized spacial score (nSPS) is 10.0. The highest BCUT2D eigenvalue weighted by Crippen LogP contribution is 1.96. The minimum absolute atomic E-state index is 0.213. The van der Waals surface area contributed by atoms with Crippen LogP contribution in [0.4, 0.5) is 4.79 Å². The quantitative estimate of drug-likeness (QED) is 0.375. The van der Waals surface area contributed by atoms with Crippen LogP contribution in [-0.2, 0) is 9.63 Å². The largest absolute Gasteiger partial charge is 0.374 e. The van der Waals surface area contributed by atoms with Gasteiger partial charge in [-0.05, 0) is 19.9 Å². The molecule has 72 valence electrons. The van der Waals surface area contributed by atoms with Crippen molar-refractivity contribution in [2.24, 2.45) is 4.99 Å². The van der Waals surface area contributed by atoms with Crippen molar-refractivity contribution in [3.8, 4) is 0 Å². The molecule has 13 heavy (non-hydrogen) atoms. The summed E-state index contributed by atoms with van der Waals surface area (Å²) in [4.78, 5) is 30.2. The fraction of sp³-hybridized carbons (Fsp3) is 0.375. The van der Waals surface area contributed by atoms with E-state index in [-0.39, 0.29) is 6.61 Å². The molecule has 0 saturated heterocycles. The number of hydroxylamine groups is 2. The topological polar surface area (TPSA) is 59.0 Å². The molecule has 0 aliphatic carbocycles. The van der Waals surface area contributed by atoms with Crippen molar-refractivity contribution >= 4 is 18.2 Å². The number of imide groups is 1. The Kier molecular flexibility index (Phi) is 5.38. The average Bonchev–Trinajstić information content (AvgIpc) is 2.13. The molecule has 0 bridgehead atoms. The van der Waals surface area contributed by atoms with Crippen LogP contribution >= 0.6 is 0 Å². The zero-order valence-electron chi connectivity index (χ0n) is 7.69. The Labute approximate surface area is 76.7 Å². The summed E-state index contributed by atoms with van der Waals surface area (Å²) in [6.07, 6.45) is 2.27. The monoisotopic (exact) mass is 184 g/mol. The van der Waals surface area contributed by atoms with E-state index in [1.54, 1.807) is 13.8 Å². The van der Waals surface area contributed by atoms with Gasteiger partial charge < -0.3 is 0 Å². The number of hydrogen-bond acceptors (Lipinski definition) is 3. The number of carbonyl (C=O) groups is 2. The summed E-state index contributed by atoms with van der Waals surface area (Å²) in [5.74, 6) is -0.627. The van der Waals surface area contributed by atoms with Gasteiger partial charge >= 0.3 is 6.03 Å². The second-order valence-electron chi connectivity index (χ2n) is 1.92. The maximum absolute atomic E-state index is 11.1. The summed E-state index contributed by atoms with van der Waals surface area (Å²) in [5.41, 5.74) is 0. The molecule has 0 aliphatic rings. The number of amides is 3. The first kappa shape index (κ1) is 11.5. The van der Waals surface area contributed by atoms with Crippen LogP contribution in [-0.4, -0.2) is 29.8 Å². The van der Waals surface area contributed by atoms with Crippen molar-refractivity contribution in [3.05, 3.63) is 12.7 Å². The van der Waals surface area contributed by atoms with Crippen molar-refractivity contribution in [2.75, 3.05) is 6.61 Å². The van der Waals surface area contributed by atoms with E-state index < -0.39 is 11.9 Å². The van der Waals surface area contributed by atoms with Gasteiger partial charge in [-0.25, -0.2) is 9.79 Å². The summed E-state index contributed by atoms with van der Waals surface area (Å²) in [6.45, 7) is 6.67. The molecule has 0 radical (unpaired) electrons. The first-order chi connectivity index (χ1) is 6.17. The molecule has 0 spiro atoms. The Hall–Kier alpha value is -1.49. The summed E-state index contributed by atoms with van der Waals surface area (Å²) in [6, 6.07) is -0.755. The van der Waals surface area contributed by atoms with Crippen LogP contribution in [0.2, 0.25) is 0 Å². The first-order valence-corrected chi connectivity index (χ1v) is 3.79. The van der Waals surface area contributed by atoms with Crippen LogP contribution in [0.25, 0.3) is 0 Å². The molecule has 0 aromatic carbocycles. The molecule has 3 amide bonds. The predicted octanol–water partition coefficient (Wildman–Crippen LogP) is 1.16. The third-order valence-electron chi connectivity index (χ3n) is 1.05. The van der Waals surface area contributed by atoms with Crippen molar-refractivity contribution in [2.45, 2.75) is 13.8 Å². The standard InChI is InChI=1S/C8H12N2O3/c1-4-7(11)10(13-6-3)8(12)9-5-2/h4-5H,1,6H2,2-3H3. The minimum atomic E-state index is -0.755. The number of rotatable bonds is 3. The lowest BCUT2D eigenvalue weighted by atomic mass is 10.6. The Morgan fingerprint density at radius 3 is 2.62 bits per heavy atom. The number of hydrogen-bond donors (Lipinski definition) is 0. The average molecular weight is 184 g/mol. The minimum Gasteiger partial charge on any atom is -0.267 e. The first-order valence-electron chi connectivity index (χ1n) is 3.79. The fourth-order valence-corrected chi connectivity index (χ4v) is 0.588. The van der Waals surface area contributed by atoms with Crippen LogP contribution in [0.3, 0.4) is 0 Å². The molecule has 0 aromatic heterocycles. The molecule has 0 fully saturated rings. The van der Waals surface area contributed by atoms with Gasteiger partial charge in [-0.1, -0.05) is 6.58 Å². The number of nitrogens with zero attached hydrogens (tertiary/aromatic N) is 2. The Balaban J connectivity index is 4.49. The summed E-state index contributed by atoms with van der Waals surface area (Å²) in [5, 5.41) is 0.562. The van der Waals surface area contributed by atoms with Crippen LogP contribution in [0, 0.1) is 0 Å². The summed E-state index contributed by atoms with van der Waals surface area (Å²) < 4.78 is 0. The van der Waals surface area contributed by atoms with E-state index in [9.17, 15) is 9.59 Å². The van der Waals surface area contributed by atoms with E-state index in [1.165, 1.54) is 6.21 Å². The van der Waals surface area contributed by atoms with Gasteiger partial charge in [0.1, 0.15) is 0 Å². The molecule has 5 nitrogen and oxygen atoms in total. The molecule has 5 heteroatoms. The fourth-order valence-electron chi connectivity index (χ4n) is 0.588. The molecule has 0 aromatic rings. The van der Waals surface area contributed by atoms with Gasteiger partial charge in [0.2, 0.25) is 0 Å². The maximum Gasteiger partial charge on any atom is 0.374 e. The van der Waals surface area contributed by atoms with Crippen molar-refractivity contribution in [1.29, 1.82) is 0 Å². The zero-order valence-corrected chi connectivity index (χ0v) is 7.69. The molecule has 0 heterocycles. The lowest BCUT2D eigenvalue weighted by Gasteiger charge is -2.13. The van der Waals surface area contributed by atoms with Crippen molar-refractivity contribution < 1.29 is 14.4 Å². The summed E-state index contributed by atoms with van der Waals surface area (Å²) in [7, 11) is 0. The van der Waals surface area contributed by atoms with Gasteiger partial charge in [-0.2, -0.15) is 0 Å². The second-order valence-corrected chi connectivity index (χ2v) is 1.92. The second kappa shape index (κ2) is 6.07. The number of urea groups is 1. The third-order valence-corrected chi connectivity index (χ3v) is 1.05. The third kappa shape index (κ3) is 3.62. The summed E-state index contributed by atoms with van der Waals surface area (Å²) >= 11 is 0. The lowest BCUT2D eigenvalue weighted by Crippen LogP contribution is -2.33. The highest BCUT2D eigenvalue weighted by atomic mass is 16.7. The van der Waals surface area contributed by atoms with Crippen LogP contribution in [0.5, 0.6) is 0 Å². The molecule has 0 aliphatic heterocycles. The van der Waals surface area contributed by atoms with E-state index in [1.807, 2.05) is 0 Å². The number of aliphatic imine (C=N–C) groups is 1. The van der Waals surface area contributed by atoms with Crippen LogP contribution < -0.4 is 0 Å².